The van der Waals surface area contributed by atoms with Gasteiger partial charge in [0.1, 0.15) is 34.8 Å². The van der Waals surface area contributed by atoms with E-state index in [-0.39, 0.29) is 61.1 Å². The minimum absolute atomic E-state index is 0.0176. The van der Waals surface area contributed by atoms with Crippen molar-refractivity contribution in [2.75, 3.05) is 66.3 Å². The van der Waals surface area contributed by atoms with Crippen LogP contribution >= 0.6 is 11.8 Å². The van der Waals surface area contributed by atoms with E-state index < -0.39 is 119 Å². The maximum Gasteiger partial charge on any atom is 0.341 e. The predicted molar refractivity (Wildman–Crippen MR) is 288 cm³/mol. The van der Waals surface area contributed by atoms with Crippen molar-refractivity contribution < 1.29 is 77.5 Å². The number of likely N-dealkylation sites (N-methyl/N-ethyl adjacent to an activating group) is 1. The third-order valence-corrected chi connectivity index (χ3v) is 17.2. The standard InChI is InChI=1S/C55H88N4O17S/c1-17-40-55(10,68)47(64)31(4)43(61)29(2)26-53(8,69-15)48(76-52-45(63)39(57(11)12)24-30(3)71-52)32(5)46(33(6)51(67)73-40)75-42-27-54(9,70-16)49(34(7)72-42)74-41(60)20-21-56-22-23-77-35-18-19-38-36(25-35)44(62)37(50(65)66)28-59(38)58(13)14/h18-19,25,28-34,39-40,42,45-49,52,56,63-64,68H,17,20-24,26-27H2,1-16H3,(H,65,66)/t29-,30-,31?,32+,33-,34+,39+,40-,42+,45-,46+,47-,48-,49+,52+,53-,54-,55-/m1/s1. The number of carboxylic acids is 1. The zero-order chi connectivity index (χ0) is 57.6. The smallest absolute Gasteiger partial charge is 0.341 e. The van der Waals surface area contributed by atoms with Crippen LogP contribution in [-0.2, 0) is 52.3 Å². The molecule has 18 atom stereocenters. The number of carbonyl (C=O) groups is 4. The second-order valence-electron chi connectivity index (χ2n) is 22.5. The summed E-state index contributed by atoms with van der Waals surface area (Å²) in [5.74, 6) is -6.08. The van der Waals surface area contributed by atoms with Gasteiger partial charge in [0, 0.05) is 93.9 Å². The number of thioether (sulfide) groups is 1. The first-order chi connectivity index (χ1) is 36.0. The number of aliphatic hydroxyl groups excluding tert-OH is 2. The first-order valence-electron chi connectivity index (χ1n) is 26.8. The normalized spacial score (nSPS) is 36.8. The summed E-state index contributed by atoms with van der Waals surface area (Å²) in [6.45, 7) is 17.8. The molecule has 3 saturated heterocycles. The maximum atomic E-state index is 14.6. The molecule has 3 aliphatic heterocycles. The number of carboxylic acid groups (broad SMARTS) is 1. The summed E-state index contributed by atoms with van der Waals surface area (Å²) in [6, 6.07) is 5.00. The average Bonchev–Trinajstić information content (AvgIpc) is 3.37. The van der Waals surface area contributed by atoms with Crippen LogP contribution < -0.4 is 15.8 Å². The Morgan fingerprint density at radius 3 is 2.14 bits per heavy atom. The van der Waals surface area contributed by atoms with E-state index in [4.69, 9.17) is 37.9 Å². The fourth-order valence-electron chi connectivity index (χ4n) is 11.4. The van der Waals surface area contributed by atoms with Crippen molar-refractivity contribution in [1.29, 1.82) is 0 Å². The highest BCUT2D eigenvalue weighted by Gasteiger charge is 2.55. The molecule has 22 heteroatoms. The van der Waals surface area contributed by atoms with E-state index in [0.29, 0.717) is 24.2 Å². The van der Waals surface area contributed by atoms with E-state index in [0.717, 1.165) is 4.90 Å². The number of Topliss-reactive ketones (excluding diaryl/α,β-unsaturated/α-hetero) is 1. The van der Waals surface area contributed by atoms with Gasteiger partial charge in [-0.25, -0.2) is 4.79 Å². The molecule has 3 fully saturated rings. The summed E-state index contributed by atoms with van der Waals surface area (Å²) in [5, 5.41) is 50.1. The molecular formula is C55H88N4O17S. The van der Waals surface area contributed by atoms with Gasteiger partial charge in [0.2, 0.25) is 5.43 Å². The van der Waals surface area contributed by atoms with Gasteiger partial charge in [-0.1, -0.05) is 27.7 Å². The molecule has 3 aliphatic rings. The topological polar surface area (TPSA) is 264 Å². The quantitative estimate of drug-likeness (QED) is 0.0803. The number of benzene rings is 1. The van der Waals surface area contributed by atoms with Crippen molar-refractivity contribution in [1.82, 2.24) is 14.9 Å². The van der Waals surface area contributed by atoms with Crippen molar-refractivity contribution in [3.05, 3.63) is 40.2 Å². The van der Waals surface area contributed by atoms with Crippen LogP contribution in [0.2, 0.25) is 0 Å². The van der Waals surface area contributed by atoms with Crippen LogP contribution in [0.1, 0.15) is 112 Å². The molecular weight excluding hydrogens is 1020 g/mol. The molecule has 5 rings (SSSR count). The number of fused-ring (bicyclic) bond motifs is 1. The number of nitrogens with zero attached hydrogens (tertiary/aromatic N) is 3. The van der Waals surface area contributed by atoms with Gasteiger partial charge in [0.15, 0.2) is 18.7 Å². The number of ketones is 1. The molecule has 0 aliphatic carbocycles. The number of aromatic carboxylic acids is 1. The molecule has 4 heterocycles. The number of aliphatic hydroxyl groups is 3. The van der Waals surface area contributed by atoms with Crippen molar-refractivity contribution in [2.24, 2.45) is 23.7 Å². The lowest BCUT2D eigenvalue weighted by atomic mass is 9.74. The molecule has 0 saturated carbocycles. The van der Waals surface area contributed by atoms with Gasteiger partial charge < -0.3 is 73.5 Å². The lowest BCUT2D eigenvalue weighted by Gasteiger charge is -2.50. The van der Waals surface area contributed by atoms with Crippen LogP contribution in [0.5, 0.6) is 0 Å². The minimum atomic E-state index is -2.03. The molecule has 436 valence electrons. The van der Waals surface area contributed by atoms with Crippen molar-refractivity contribution in [2.45, 2.75) is 190 Å². The number of ether oxygens (including phenoxy) is 8. The number of esters is 2. The molecule has 77 heavy (non-hydrogen) atoms. The van der Waals surface area contributed by atoms with Gasteiger partial charge in [-0.3, -0.25) is 23.9 Å². The van der Waals surface area contributed by atoms with Gasteiger partial charge in [0.25, 0.3) is 0 Å². The van der Waals surface area contributed by atoms with Gasteiger partial charge in [0.05, 0.1) is 54.0 Å². The van der Waals surface area contributed by atoms with E-state index in [1.54, 1.807) is 77.5 Å². The zero-order valence-electron chi connectivity index (χ0n) is 48.0. The minimum Gasteiger partial charge on any atom is -0.477 e. The summed E-state index contributed by atoms with van der Waals surface area (Å²) >= 11 is 1.47. The molecule has 0 bridgehead atoms. The average molecular weight is 1110 g/mol. The second kappa shape index (κ2) is 26.7. The highest BCUT2D eigenvalue weighted by atomic mass is 32.2. The molecule has 2 aromatic rings. The van der Waals surface area contributed by atoms with Crippen molar-refractivity contribution >= 4 is 46.4 Å². The highest BCUT2D eigenvalue weighted by Crippen LogP contribution is 2.42. The fourth-order valence-corrected chi connectivity index (χ4v) is 12.3. The summed E-state index contributed by atoms with van der Waals surface area (Å²) in [5.41, 5.74) is -4.84. The number of hydrogen-bond acceptors (Lipinski definition) is 20. The van der Waals surface area contributed by atoms with Gasteiger partial charge in [-0.15, -0.1) is 11.8 Å². The second-order valence-corrected chi connectivity index (χ2v) is 23.7. The molecule has 1 aromatic heterocycles. The lowest BCUT2D eigenvalue weighted by Crippen LogP contribution is -2.61. The Morgan fingerprint density at radius 1 is 0.896 bits per heavy atom. The van der Waals surface area contributed by atoms with Crippen LogP contribution in [0.4, 0.5) is 0 Å². The summed E-state index contributed by atoms with van der Waals surface area (Å²) in [7, 11) is 10.2. The number of aromatic nitrogens is 1. The summed E-state index contributed by atoms with van der Waals surface area (Å²) < 4.78 is 52.9. The Bertz CT molecular complexity index is 2410. The Hall–Kier alpha value is -3.78. The van der Waals surface area contributed by atoms with E-state index in [9.17, 15) is 44.4 Å². The Labute approximate surface area is 457 Å². The number of methoxy groups -OCH3 is 2. The van der Waals surface area contributed by atoms with E-state index in [1.165, 1.54) is 46.0 Å². The largest absolute Gasteiger partial charge is 0.477 e. The number of rotatable bonds is 18. The number of pyridine rings is 1. The van der Waals surface area contributed by atoms with Crippen LogP contribution in [0, 0.1) is 23.7 Å². The van der Waals surface area contributed by atoms with Gasteiger partial charge in [-0.2, -0.15) is 0 Å². The lowest BCUT2D eigenvalue weighted by molar-refractivity contribution is -0.320. The molecule has 0 amide bonds. The molecule has 21 nitrogen and oxygen atoms in total. The van der Waals surface area contributed by atoms with Gasteiger partial charge >= 0.3 is 17.9 Å². The van der Waals surface area contributed by atoms with Crippen LogP contribution in [-0.4, -0.2) is 199 Å². The molecule has 1 aromatic carbocycles. The molecule has 1 unspecified atom stereocenters. The number of nitrogens with one attached hydrogen (secondary N) is 1. The first-order valence-corrected chi connectivity index (χ1v) is 27.8. The van der Waals surface area contributed by atoms with Crippen LogP contribution in [0.15, 0.2) is 34.1 Å². The fraction of sp³-hybridized carbons (Fsp3) is 0.764. The monoisotopic (exact) mass is 1110 g/mol. The van der Waals surface area contributed by atoms with Crippen molar-refractivity contribution in [3.63, 3.8) is 0 Å². The zero-order valence-corrected chi connectivity index (χ0v) is 48.8. The van der Waals surface area contributed by atoms with E-state index in [1.807, 2.05) is 38.9 Å². The summed E-state index contributed by atoms with van der Waals surface area (Å²) in [6.07, 6.45) is -8.32. The number of cyclic esters (lactones) is 1. The van der Waals surface area contributed by atoms with E-state index >= 15 is 0 Å². The SMILES string of the molecule is CC[C@H]1OC(=O)[C@H](C)[C@@H](O[C@H]2C[C@@](C)(OC)[C@@H](OC(=O)CCNCCSc3ccc4c(c3)c(=O)c(C(=O)O)cn4N(C)C)[C@H](C)O2)[C@H](C)[C@@H](O[C@@H]2O[C@H](C)C[C@H](N(C)C)[C@H]2O)[C@](C)(OC)C[C@@H](C)C(=O)C(C)[C@@H](O)[C@]1(C)O. The maximum absolute atomic E-state index is 14.6. The van der Waals surface area contributed by atoms with E-state index in [2.05, 4.69) is 5.32 Å². The third kappa shape index (κ3) is 14.6. The molecule has 5 N–H and O–H groups in total. The molecule has 0 radical (unpaired) electrons. The number of hydrogen-bond donors (Lipinski definition) is 5. The Morgan fingerprint density at radius 2 is 1.55 bits per heavy atom. The highest BCUT2D eigenvalue weighted by molar-refractivity contribution is 7.99. The summed E-state index contributed by atoms with van der Waals surface area (Å²) in [4.78, 5) is 69.8. The number of carbonyl (C=O) groups excluding carboxylic acids is 3. The Balaban J connectivity index is 1.35. The van der Waals surface area contributed by atoms with Crippen LogP contribution in [0.3, 0.4) is 0 Å². The van der Waals surface area contributed by atoms with Crippen molar-refractivity contribution in [3.8, 4) is 0 Å². The van der Waals surface area contributed by atoms with Crippen LogP contribution in [0.25, 0.3) is 10.9 Å². The third-order valence-electron chi connectivity index (χ3n) is 16.2. The van der Waals surface area contributed by atoms with Gasteiger partial charge in [-0.05, 0) is 93.1 Å². The first kappa shape index (κ1) is 64.0. The molecule has 0 spiro atoms. The Kier molecular flexibility index (Phi) is 22.2. The predicted octanol–water partition coefficient (Wildman–Crippen LogP) is 3.97.